The summed E-state index contributed by atoms with van der Waals surface area (Å²) < 4.78 is 35.2. The molecule has 1 aliphatic heterocycles. The molecule has 11 heteroatoms. The number of hydrogen-bond acceptors (Lipinski definition) is 6. The average molecular weight is 333 g/mol. The third-order valence-corrected chi connectivity index (χ3v) is 3.54. The van der Waals surface area contributed by atoms with Crippen LogP contribution in [0.2, 0.25) is 0 Å². The van der Waals surface area contributed by atoms with Crippen molar-refractivity contribution in [3.05, 3.63) is 22.7 Å². The van der Waals surface area contributed by atoms with Gasteiger partial charge in [0.2, 0.25) is 11.6 Å². The highest BCUT2D eigenvalue weighted by Gasteiger charge is 2.52. The zero-order valence-corrected chi connectivity index (χ0v) is 12.1. The van der Waals surface area contributed by atoms with E-state index in [9.17, 15) is 13.8 Å². The summed E-state index contributed by atoms with van der Waals surface area (Å²) in [6.45, 7) is -1.03. The number of halogens is 1. The highest BCUT2D eigenvalue weighted by Crippen LogP contribution is 2.45. The van der Waals surface area contributed by atoms with Gasteiger partial charge in [0, 0.05) is 19.0 Å². The topological polar surface area (TPSA) is 137 Å². The SMILES string of the molecule is C#C[C@]1(n2ccc(N)nc2=O)CC[C@@](F)(COP(=O)(O)O)O1. The molecule has 1 fully saturated rings. The van der Waals surface area contributed by atoms with E-state index in [1.54, 1.807) is 0 Å². The fourth-order valence-corrected chi connectivity index (χ4v) is 2.44. The van der Waals surface area contributed by atoms with Gasteiger partial charge in [0.15, 0.2) is 0 Å². The van der Waals surface area contributed by atoms with Gasteiger partial charge in [-0.2, -0.15) is 4.98 Å². The molecular formula is C11H13FN3O6P. The van der Waals surface area contributed by atoms with Gasteiger partial charge >= 0.3 is 13.5 Å². The van der Waals surface area contributed by atoms with Gasteiger partial charge in [0.05, 0.1) is 0 Å². The average Bonchev–Trinajstić information content (AvgIpc) is 2.75. The lowest BCUT2D eigenvalue weighted by Gasteiger charge is -2.27. The van der Waals surface area contributed by atoms with Crippen molar-refractivity contribution in [3.8, 4) is 12.3 Å². The molecule has 0 spiro atoms. The molecule has 1 aliphatic rings. The van der Waals surface area contributed by atoms with E-state index in [4.69, 9.17) is 26.7 Å². The number of hydrogen-bond donors (Lipinski definition) is 3. The van der Waals surface area contributed by atoms with Crippen LogP contribution in [0.4, 0.5) is 10.2 Å². The molecule has 2 atom stereocenters. The van der Waals surface area contributed by atoms with Crippen LogP contribution in [0.5, 0.6) is 0 Å². The Labute approximate surface area is 124 Å². The van der Waals surface area contributed by atoms with E-state index in [2.05, 4.69) is 15.4 Å². The molecule has 1 aromatic rings. The van der Waals surface area contributed by atoms with Crippen LogP contribution in [0, 0.1) is 12.3 Å². The van der Waals surface area contributed by atoms with Crippen LogP contribution in [-0.2, 0) is 19.6 Å². The summed E-state index contributed by atoms with van der Waals surface area (Å²) in [5, 5.41) is 0. The molecule has 0 radical (unpaired) electrons. The smallest absolute Gasteiger partial charge is 0.383 e. The maximum Gasteiger partial charge on any atom is 0.469 e. The van der Waals surface area contributed by atoms with Crippen molar-refractivity contribution in [1.82, 2.24) is 9.55 Å². The summed E-state index contributed by atoms with van der Waals surface area (Å²) in [6.07, 6.45) is 6.12. The number of nitrogens with two attached hydrogens (primary N) is 1. The fourth-order valence-electron chi connectivity index (χ4n) is 2.07. The molecule has 1 aromatic heterocycles. The van der Waals surface area contributed by atoms with Crippen molar-refractivity contribution in [3.63, 3.8) is 0 Å². The first kappa shape index (κ1) is 16.6. The Balaban J connectivity index is 2.29. The summed E-state index contributed by atoms with van der Waals surface area (Å²) in [5.41, 5.74) is 2.75. The lowest BCUT2D eigenvalue weighted by atomic mass is 10.1. The van der Waals surface area contributed by atoms with Gasteiger partial charge in [-0.3, -0.25) is 9.09 Å². The molecule has 0 aromatic carbocycles. The zero-order chi connectivity index (χ0) is 16.6. The van der Waals surface area contributed by atoms with Crippen molar-refractivity contribution < 1.29 is 28.0 Å². The summed E-state index contributed by atoms with van der Waals surface area (Å²) in [6, 6.07) is 1.29. The molecule has 1 saturated heterocycles. The van der Waals surface area contributed by atoms with Gasteiger partial charge in [-0.1, -0.05) is 0 Å². The first-order valence-corrected chi connectivity index (χ1v) is 7.55. The van der Waals surface area contributed by atoms with Crippen molar-refractivity contribution >= 4 is 13.6 Å². The minimum Gasteiger partial charge on any atom is -0.383 e. The summed E-state index contributed by atoms with van der Waals surface area (Å²) in [5.74, 6) is -0.410. The molecule has 2 rings (SSSR count). The lowest BCUT2D eigenvalue weighted by molar-refractivity contribution is -0.201. The Hall–Kier alpha value is -1.76. The van der Waals surface area contributed by atoms with Crippen LogP contribution in [0.1, 0.15) is 12.8 Å². The lowest BCUT2D eigenvalue weighted by Crippen LogP contribution is -2.43. The van der Waals surface area contributed by atoms with Crippen molar-refractivity contribution in [2.24, 2.45) is 0 Å². The van der Waals surface area contributed by atoms with Crippen LogP contribution in [-0.4, -0.2) is 31.8 Å². The molecule has 9 nitrogen and oxygen atoms in total. The van der Waals surface area contributed by atoms with Crippen molar-refractivity contribution in [1.29, 1.82) is 0 Å². The largest absolute Gasteiger partial charge is 0.469 e. The van der Waals surface area contributed by atoms with E-state index in [1.165, 1.54) is 12.3 Å². The Morgan fingerprint density at radius 3 is 2.86 bits per heavy atom. The Morgan fingerprint density at radius 2 is 2.32 bits per heavy atom. The molecule has 0 unspecified atom stereocenters. The first-order valence-electron chi connectivity index (χ1n) is 6.02. The second-order valence-electron chi connectivity index (χ2n) is 4.68. The van der Waals surface area contributed by atoms with Crippen molar-refractivity contribution in [2.75, 3.05) is 12.3 Å². The Morgan fingerprint density at radius 1 is 1.64 bits per heavy atom. The molecule has 120 valence electrons. The number of phosphoric acid groups is 1. The number of nitrogens with zero attached hydrogens (tertiary/aromatic N) is 2. The van der Waals surface area contributed by atoms with E-state index in [0.29, 0.717) is 0 Å². The number of aromatic nitrogens is 2. The van der Waals surface area contributed by atoms with Crippen LogP contribution in [0.3, 0.4) is 0 Å². The maximum absolute atomic E-state index is 14.5. The number of terminal acetylenes is 1. The Bertz CT molecular complexity index is 727. The van der Waals surface area contributed by atoms with Gasteiger partial charge in [-0.05, 0) is 12.0 Å². The molecular weight excluding hydrogens is 320 g/mol. The van der Waals surface area contributed by atoms with E-state index in [-0.39, 0.29) is 18.7 Å². The van der Waals surface area contributed by atoms with E-state index >= 15 is 0 Å². The van der Waals surface area contributed by atoms with Gasteiger partial charge in [0.25, 0.3) is 0 Å². The second-order valence-corrected chi connectivity index (χ2v) is 5.92. The quantitative estimate of drug-likeness (QED) is 0.504. The summed E-state index contributed by atoms with van der Waals surface area (Å²) in [7, 11) is -4.87. The molecule has 0 amide bonds. The third kappa shape index (κ3) is 3.35. The molecule has 0 aliphatic carbocycles. The number of nitrogen functional groups attached to an aromatic ring is 1. The van der Waals surface area contributed by atoms with E-state index in [1.807, 2.05) is 0 Å². The van der Waals surface area contributed by atoms with E-state index in [0.717, 1.165) is 4.57 Å². The highest BCUT2D eigenvalue weighted by molar-refractivity contribution is 7.46. The van der Waals surface area contributed by atoms with Crippen LogP contribution in [0.25, 0.3) is 0 Å². The van der Waals surface area contributed by atoms with Gasteiger partial charge in [-0.15, -0.1) is 6.42 Å². The highest BCUT2D eigenvalue weighted by atomic mass is 31.2. The van der Waals surface area contributed by atoms with Crippen LogP contribution in [0.15, 0.2) is 17.1 Å². The fraction of sp³-hybridized carbons (Fsp3) is 0.455. The van der Waals surface area contributed by atoms with Gasteiger partial charge < -0.3 is 20.3 Å². The standard InChI is InChI=1S/C11H13FN3O6P/c1-2-11(15-6-3-8(13)14-9(15)16)5-4-10(12,21-11)7-20-22(17,18)19/h1,3,6H,4-5,7H2,(H2,13,14,16)(H2,17,18,19)/t10-,11+/m0/s1. The van der Waals surface area contributed by atoms with Crippen LogP contribution < -0.4 is 11.4 Å². The number of rotatable bonds is 4. The van der Waals surface area contributed by atoms with E-state index < -0.39 is 31.7 Å². The summed E-state index contributed by atoms with van der Waals surface area (Å²) in [4.78, 5) is 32.6. The third-order valence-electron chi connectivity index (χ3n) is 3.08. The van der Waals surface area contributed by atoms with Gasteiger partial charge in [-0.25, -0.2) is 13.8 Å². The zero-order valence-electron chi connectivity index (χ0n) is 11.2. The maximum atomic E-state index is 14.5. The summed E-state index contributed by atoms with van der Waals surface area (Å²) >= 11 is 0. The Kier molecular flexibility index (Phi) is 4.12. The molecule has 4 N–H and O–H groups in total. The number of phosphoric ester groups is 1. The predicted octanol–water partition coefficient (Wildman–Crippen LogP) is -0.303. The number of anilines is 1. The van der Waals surface area contributed by atoms with Crippen LogP contribution >= 0.6 is 7.82 Å². The second kappa shape index (κ2) is 5.46. The minimum atomic E-state index is -4.87. The minimum absolute atomic E-state index is 0.0391. The first-order chi connectivity index (χ1) is 10.1. The predicted molar refractivity (Wildman–Crippen MR) is 71.9 cm³/mol. The molecule has 0 bridgehead atoms. The molecule has 2 heterocycles. The van der Waals surface area contributed by atoms with Gasteiger partial charge in [0.1, 0.15) is 12.4 Å². The number of ether oxygens (including phenoxy) is 1. The molecule has 0 saturated carbocycles. The van der Waals surface area contributed by atoms with Crippen molar-refractivity contribution in [2.45, 2.75) is 24.4 Å². The normalized spacial score (nSPS) is 28.5. The molecule has 22 heavy (non-hydrogen) atoms. The number of alkyl halides is 1. The monoisotopic (exact) mass is 333 g/mol.